The number of nitrogens with one attached hydrogen (secondary N) is 1. The van der Waals surface area contributed by atoms with Gasteiger partial charge in [-0.3, -0.25) is 10.2 Å². The van der Waals surface area contributed by atoms with E-state index < -0.39 is 5.91 Å². The molecule has 0 aromatic heterocycles. The van der Waals surface area contributed by atoms with E-state index in [0.717, 1.165) is 16.9 Å². The first-order chi connectivity index (χ1) is 13.5. The Labute approximate surface area is 162 Å². The van der Waals surface area contributed by atoms with E-state index in [4.69, 9.17) is 15.0 Å². The van der Waals surface area contributed by atoms with Crippen LogP contribution < -0.4 is 4.74 Å². The Kier molecular flexibility index (Phi) is 4.53. The summed E-state index contributed by atoms with van der Waals surface area (Å²) in [6.07, 6.45) is 3.26. The van der Waals surface area contributed by atoms with Crippen LogP contribution in [-0.4, -0.2) is 22.6 Å². The Hall–Kier alpha value is -3.67. The van der Waals surface area contributed by atoms with Gasteiger partial charge in [0.05, 0.1) is 5.57 Å². The van der Waals surface area contributed by atoms with Gasteiger partial charge < -0.3 is 9.57 Å². The van der Waals surface area contributed by atoms with E-state index in [1.165, 1.54) is 10.6 Å². The first kappa shape index (κ1) is 17.7. The predicted octanol–water partition coefficient (Wildman–Crippen LogP) is 4.02. The second kappa shape index (κ2) is 7.15. The number of rotatable bonds is 4. The van der Waals surface area contributed by atoms with Crippen LogP contribution in [0, 0.1) is 12.3 Å². The molecule has 0 aliphatic carbocycles. The normalized spacial score (nSPS) is 17.2. The minimum atomic E-state index is -0.453. The van der Waals surface area contributed by atoms with Gasteiger partial charge in [-0.2, -0.15) is 4.99 Å². The lowest BCUT2D eigenvalue weighted by Crippen LogP contribution is -2.38. The van der Waals surface area contributed by atoms with Crippen LogP contribution >= 0.6 is 0 Å². The molecule has 0 bridgehead atoms. The van der Waals surface area contributed by atoms with E-state index in [1.54, 1.807) is 19.1 Å². The molecule has 0 saturated heterocycles. The van der Waals surface area contributed by atoms with Gasteiger partial charge in [0.15, 0.2) is 11.7 Å². The fourth-order valence-corrected chi connectivity index (χ4v) is 3.00. The van der Waals surface area contributed by atoms with Crippen LogP contribution in [0.25, 0.3) is 6.08 Å². The fourth-order valence-electron chi connectivity index (χ4n) is 3.00. The van der Waals surface area contributed by atoms with Crippen molar-refractivity contribution in [3.63, 3.8) is 0 Å². The van der Waals surface area contributed by atoms with Gasteiger partial charge in [0.1, 0.15) is 18.1 Å². The highest BCUT2D eigenvalue weighted by Crippen LogP contribution is 2.24. The minimum absolute atomic E-state index is 0.0251. The van der Waals surface area contributed by atoms with Gasteiger partial charge in [0, 0.05) is 6.08 Å². The standard InChI is InChI=1S/C22H19N3O3/c1-14-4-3-5-17(10-14)13-27-18-8-6-16(7-9-18)12-19-21(23)25-20(24-22(19)26)11-15(2)28-25/h3-12,23H,13H2,1-2H3/b19-12-,23-21?. The van der Waals surface area contributed by atoms with Crippen LogP contribution in [0.5, 0.6) is 5.75 Å². The Morgan fingerprint density at radius 3 is 2.71 bits per heavy atom. The molecule has 2 heterocycles. The van der Waals surface area contributed by atoms with Crippen LogP contribution in [-0.2, 0) is 16.2 Å². The van der Waals surface area contributed by atoms with Crippen LogP contribution in [0.4, 0.5) is 0 Å². The van der Waals surface area contributed by atoms with E-state index in [2.05, 4.69) is 11.1 Å². The molecule has 2 aromatic rings. The number of allylic oxidation sites excluding steroid dienone is 1. The van der Waals surface area contributed by atoms with Crippen molar-refractivity contribution in [1.29, 1.82) is 5.41 Å². The van der Waals surface area contributed by atoms with Crippen molar-refractivity contribution in [1.82, 2.24) is 5.06 Å². The first-order valence-electron chi connectivity index (χ1n) is 8.88. The van der Waals surface area contributed by atoms with Crippen molar-refractivity contribution in [3.05, 3.63) is 82.6 Å². The lowest BCUT2D eigenvalue weighted by atomic mass is 10.1. The van der Waals surface area contributed by atoms with Crippen LogP contribution in [0.1, 0.15) is 23.6 Å². The average molecular weight is 373 g/mol. The number of fused-ring (bicyclic) bond motifs is 1. The Morgan fingerprint density at radius 1 is 1.18 bits per heavy atom. The second-order valence-corrected chi connectivity index (χ2v) is 6.67. The van der Waals surface area contributed by atoms with E-state index in [0.29, 0.717) is 18.2 Å². The second-order valence-electron chi connectivity index (χ2n) is 6.67. The molecule has 6 heteroatoms. The van der Waals surface area contributed by atoms with Crippen molar-refractivity contribution in [3.8, 4) is 5.75 Å². The van der Waals surface area contributed by atoms with E-state index in [-0.39, 0.29) is 11.4 Å². The highest BCUT2D eigenvalue weighted by Gasteiger charge is 2.34. The number of benzene rings is 2. The monoisotopic (exact) mass is 373 g/mol. The number of amidine groups is 2. The Morgan fingerprint density at radius 2 is 1.96 bits per heavy atom. The molecule has 0 saturated carbocycles. The maximum Gasteiger partial charge on any atom is 0.282 e. The summed E-state index contributed by atoms with van der Waals surface area (Å²) < 4.78 is 5.82. The van der Waals surface area contributed by atoms with Crippen molar-refractivity contribution >= 4 is 23.7 Å². The number of aliphatic imine (C=N–C) groups is 1. The molecule has 2 aromatic carbocycles. The summed E-state index contributed by atoms with van der Waals surface area (Å²) in [4.78, 5) is 21.7. The third kappa shape index (κ3) is 3.57. The quantitative estimate of drug-likeness (QED) is 0.821. The molecule has 140 valence electrons. The molecular formula is C22H19N3O3. The van der Waals surface area contributed by atoms with Crippen LogP contribution in [0.15, 0.2) is 70.9 Å². The van der Waals surface area contributed by atoms with Gasteiger partial charge in [0.25, 0.3) is 5.91 Å². The van der Waals surface area contributed by atoms with E-state index in [9.17, 15) is 4.79 Å². The lowest BCUT2D eigenvalue weighted by Gasteiger charge is -2.22. The third-order valence-electron chi connectivity index (χ3n) is 4.36. The smallest absolute Gasteiger partial charge is 0.282 e. The Bertz CT molecular complexity index is 1050. The van der Waals surface area contributed by atoms with E-state index >= 15 is 0 Å². The first-order valence-corrected chi connectivity index (χ1v) is 8.88. The lowest BCUT2D eigenvalue weighted by molar-refractivity contribution is -0.114. The van der Waals surface area contributed by atoms with E-state index in [1.807, 2.05) is 49.4 Å². The van der Waals surface area contributed by atoms with Gasteiger partial charge in [0.2, 0.25) is 0 Å². The molecule has 28 heavy (non-hydrogen) atoms. The van der Waals surface area contributed by atoms with Crippen LogP contribution in [0.2, 0.25) is 0 Å². The molecule has 0 fully saturated rings. The number of nitrogens with zero attached hydrogens (tertiary/aromatic N) is 2. The van der Waals surface area contributed by atoms with Crippen LogP contribution in [0.3, 0.4) is 0 Å². The molecule has 1 amide bonds. The number of hydrogen-bond acceptors (Lipinski definition) is 4. The average Bonchev–Trinajstić information content (AvgIpc) is 3.05. The Balaban J connectivity index is 1.47. The zero-order chi connectivity index (χ0) is 19.7. The number of hydrogen-bond donors (Lipinski definition) is 1. The van der Waals surface area contributed by atoms with Gasteiger partial charge in [-0.25, -0.2) is 0 Å². The van der Waals surface area contributed by atoms with Crippen molar-refractivity contribution in [2.75, 3.05) is 0 Å². The summed E-state index contributed by atoms with van der Waals surface area (Å²) >= 11 is 0. The van der Waals surface area contributed by atoms with Gasteiger partial charge >= 0.3 is 0 Å². The number of hydroxylamine groups is 2. The molecule has 2 aliphatic heterocycles. The number of carbonyl (C=O) groups is 1. The fraction of sp³-hybridized carbons (Fsp3) is 0.136. The summed E-state index contributed by atoms with van der Waals surface area (Å²) in [5.74, 6) is 1.18. The maximum absolute atomic E-state index is 12.3. The van der Waals surface area contributed by atoms with Gasteiger partial charge in [-0.1, -0.05) is 42.0 Å². The summed E-state index contributed by atoms with van der Waals surface area (Å²) in [6.45, 7) is 4.28. The molecule has 0 spiro atoms. The number of amides is 1. The molecular weight excluding hydrogens is 354 g/mol. The number of aryl methyl sites for hydroxylation is 1. The number of ether oxygens (including phenoxy) is 1. The summed E-state index contributed by atoms with van der Waals surface area (Å²) in [7, 11) is 0. The molecule has 6 nitrogen and oxygen atoms in total. The van der Waals surface area contributed by atoms with Crippen molar-refractivity contribution in [2.45, 2.75) is 20.5 Å². The molecule has 2 aliphatic rings. The molecule has 0 unspecified atom stereocenters. The van der Waals surface area contributed by atoms with Crippen molar-refractivity contribution in [2.24, 2.45) is 4.99 Å². The highest BCUT2D eigenvalue weighted by atomic mass is 16.7. The van der Waals surface area contributed by atoms with Crippen molar-refractivity contribution < 1.29 is 14.4 Å². The predicted molar refractivity (Wildman–Crippen MR) is 107 cm³/mol. The molecule has 0 radical (unpaired) electrons. The molecule has 4 rings (SSSR count). The minimum Gasteiger partial charge on any atom is -0.489 e. The molecule has 0 atom stereocenters. The summed E-state index contributed by atoms with van der Waals surface area (Å²) in [5, 5.41) is 9.49. The maximum atomic E-state index is 12.3. The molecule has 1 N–H and O–H groups in total. The number of carbonyl (C=O) groups excluding carboxylic acids is 1. The third-order valence-corrected chi connectivity index (χ3v) is 4.36. The van der Waals surface area contributed by atoms with Gasteiger partial charge in [-0.15, -0.1) is 5.06 Å². The zero-order valence-corrected chi connectivity index (χ0v) is 15.6. The topological polar surface area (TPSA) is 75.0 Å². The van der Waals surface area contributed by atoms with Gasteiger partial charge in [-0.05, 0) is 43.2 Å². The summed E-state index contributed by atoms with van der Waals surface area (Å²) in [5.41, 5.74) is 3.26. The largest absolute Gasteiger partial charge is 0.489 e. The highest BCUT2D eigenvalue weighted by molar-refractivity contribution is 6.32. The SMILES string of the molecule is CC1=CC2=NC(=O)/C(=C\c3ccc(OCc4cccc(C)c4)cc3)C(=N)N2O1. The summed E-state index contributed by atoms with van der Waals surface area (Å²) in [6, 6.07) is 15.5. The zero-order valence-electron chi connectivity index (χ0n) is 15.6.